The highest BCUT2D eigenvalue weighted by Gasteiger charge is 2.17. The van der Waals surface area contributed by atoms with Crippen molar-refractivity contribution >= 4 is 64.6 Å². The van der Waals surface area contributed by atoms with Crippen molar-refractivity contribution in [3.8, 4) is 33.4 Å². The quantitative estimate of drug-likeness (QED) is 0.139. The monoisotopic (exact) mass is 606 g/mol. The molecule has 0 aliphatic carbocycles. The molecule has 0 unspecified atom stereocenters. The van der Waals surface area contributed by atoms with Gasteiger partial charge in [0.15, 0.2) is 0 Å². The van der Waals surface area contributed by atoms with Crippen molar-refractivity contribution in [1.29, 1.82) is 0 Å². The van der Waals surface area contributed by atoms with Crippen molar-refractivity contribution < 1.29 is 0 Å². The van der Waals surface area contributed by atoms with Gasteiger partial charge in [0.25, 0.3) is 0 Å². The summed E-state index contributed by atoms with van der Waals surface area (Å²) in [5.41, 5.74) is 7.59. The van der Waals surface area contributed by atoms with Gasteiger partial charge in [-0.1, -0.05) is 164 Å². The molecule has 10 rings (SSSR count). The van der Waals surface area contributed by atoms with Gasteiger partial charge in [0.2, 0.25) is 0 Å². The lowest BCUT2D eigenvalue weighted by atomic mass is 9.85. The SMILES string of the molecule is c1ccc2cc(-c3c4ccccc4c(-c4ccc5cc(-c6cccc7ccc8ccccc8c67)ccc5c4)c4ccccc34)ccc2c1. The fourth-order valence-corrected chi connectivity index (χ4v) is 7.96. The number of rotatable bonds is 3. The minimum atomic E-state index is 1.24. The molecule has 10 aromatic rings. The maximum atomic E-state index is 2.38. The molecule has 0 aliphatic rings. The molecule has 0 heteroatoms. The summed E-state index contributed by atoms with van der Waals surface area (Å²) in [4.78, 5) is 0. The minimum absolute atomic E-state index is 1.24. The first kappa shape index (κ1) is 26.9. The average Bonchev–Trinajstić information content (AvgIpc) is 3.16. The van der Waals surface area contributed by atoms with Gasteiger partial charge in [-0.05, 0) is 116 Å². The minimum Gasteiger partial charge on any atom is -0.0616 e. The van der Waals surface area contributed by atoms with Gasteiger partial charge in [-0.3, -0.25) is 0 Å². The van der Waals surface area contributed by atoms with E-state index in [0.717, 1.165) is 0 Å². The third-order valence-electron chi connectivity index (χ3n) is 10.2. The van der Waals surface area contributed by atoms with Gasteiger partial charge in [0.1, 0.15) is 0 Å². The Bertz CT molecular complexity index is 2830. The molecule has 0 heterocycles. The van der Waals surface area contributed by atoms with Crippen molar-refractivity contribution in [2.24, 2.45) is 0 Å². The molecule has 0 spiro atoms. The normalized spacial score (nSPS) is 11.8. The number of hydrogen-bond donors (Lipinski definition) is 0. The van der Waals surface area contributed by atoms with Crippen LogP contribution in [-0.4, -0.2) is 0 Å². The van der Waals surface area contributed by atoms with E-state index in [-0.39, 0.29) is 0 Å². The first-order chi connectivity index (χ1) is 23.8. The smallest absolute Gasteiger partial charge is 0.00262 e. The Morgan fingerprint density at radius 1 is 0.229 bits per heavy atom. The number of benzene rings is 10. The Morgan fingerprint density at radius 3 is 1.25 bits per heavy atom. The van der Waals surface area contributed by atoms with Crippen LogP contribution in [0, 0.1) is 0 Å². The lowest BCUT2D eigenvalue weighted by molar-refractivity contribution is 1.67. The van der Waals surface area contributed by atoms with E-state index in [1.54, 1.807) is 0 Å². The molecule has 10 aromatic carbocycles. The van der Waals surface area contributed by atoms with Crippen LogP contribution in [-0.2, 0) is 0 Å². The highest BCUT2D eigenvalue weighted by atomic mass is 14.2. The van der Waals surface area contributed by atoms with E-state index < -0.39 is 0 Å². The molecule has 48 heavy (non-hydrogen) atoms. The second-order valence-electron chi connectivity index (χ2n) is 12.9. The van der Waals surface area contributed by atoms with E-state index in [9.17, 15) is 0 Å². The molecule has 0 fully saturated rings. The molecular formula is C48H30. The van der Waals surface area contributed by atoms with Gasteiger partial charge >= 0.3 is 0 Å². The van der Waals surface area contributed by atoms with Crippen LogP contribution in [0.15, 0.2) is 182 Å². The summed E-state index contributed by atoms with van der Waals surface area (Å²) in [6, 6.07) is 67.1. The molecule has 0 aliphatic heterocycles. The summed E-state index contributed by atoms with van der Waals surface area (Å²) in [6.45, 7) is 0. The zero-order valence-electron chi connectivity index (χ0n) is 26.3. The highest BCUT2D eigenvalue weighted by Crippen LogP contribution is 2.45. The van der Waals surface area contributed by atoms with Crippen LogP contribution in [0.5, 0.6) is 0 Å². The van der Waals surface area contributed by atoms with E-state index in [1.807, 2.05) is 0 Å². The average molecular weight is 607 g/mol. The number of hydrogen-bond acceptors (Lipinski definition) is 0. The topological polar surface area (TPSA) is 0 Å². The van der Waals surface area contributed by atoms with Crippen LogP contribution in [0.25, 0.3) is 98.0 Å². The molecule has 0 amide bonds. The lowest BCUT2D eigenvalue weighted by Crippen LogP contribution is -1.91. The largest absolute Gasteiger partial charge is 0.0616 e. The summed E-state index contributed by atoms with van der Waals surface area (Å²) in [7, 11) is 0. The predicted molar refractivity (Wildman–Crippen MR) is 208 cm³/mol. The summed E-state index contributed by atoms with van der Waals surface area (Å²) >= 11 is 0. The van der Waals surface area contributed by atoms with E-state index in [0.29, 0.717) is 0 Å². The Kier molecular flexibility index (Phi) is 5.98. The Labute approximate surface area is 279 Å². The second kappa shape index (κ2) is 10.7. The van der Waals surface area contributed by atoms with Crippen molar-refractivity contribution in [2.75, 3.05) is 0 Å². The molecule has 0 atom stereocenters. The van der Waals surface area contributed by atoms with Gasteiger partial charge in [-0.15, -0.1) is 0 Å². The lowest BCUT2D eigenvalue weighted by Gasteiger charge is -2.18. The van der Waals surface area contributed by atoms with Crippen LogP contribution >= 0.6 is 0 Å². The van der Waals surface area contributed by atoms with Crippen LogP contribution in [0.1, 0.15) is 0 Å². The molecule has 0 saturated heterocycles. The standard InChI is InChI=1S/C48H30/c1-2-12-34-29-38(26-20-31(34)10-1)47-42-15-5-7-17-44(42)48(45-18-8-6-16-43(45)47)39-27-24-35-28-37(25-23-36(35)30-39)41-19-9-13-33-22-21-32-11-3-4-14-40(32)46(33)41/h1-30H. The fraction of sp³-hybridized carbons (Fsp3) is 0. The predicted octanol–water partition coefficient (Wildman–Crippen LogP) is 13.6. The zero-order chi connectivity index (χ0) is 31.6. The van der Waals surface area contributed by atoms with Crippen molar-refractivity contribution in [1.82, 2.24) is 0 Å². The van der Waals surface area contributed by atoms with E-state index in [1.165, 1.54) is 98.0 Å². The van der Waals surface area contributed by atoms with E-state index in [2.05, 4.69) is 182 Å². The van der Waals surface area contributed by atoms with Crippen LogP contribution in [0.3, 0.4) is 0 Å². The van der Waals surface area contributed by atoms with Crippen molar-refractivity contribution in [3.63, 3.8) is 0 Å². The van der Waals surface area contributed by atoms with Crippen molar-refractivity contribution in [2.45, 2.75) is 0 Å². The molecular weight excluding hydrogens is 577 g/mol. The van der Waals surface area contributed by atoms with Gasteiger partial charge in [-0.2, -0.15) is 0 Å². The summed E-state index contributed by atoms with van der Waals surface area (Å²) in [5, 5.41) is 15.3. The summed E-state index contributed by atoms with van der Waals surface area (Å²) in [5.74, 6) is 0. The Morgan fingerprint density at radius 2 is 0.625 bits per heavy atom. The molecule has 0 aromatic heterocycles. The van der Waals surface area contributed by atoms with Crippen molar-refractivity contribution in [3.05, 3.63) is 182 Å². The van der Waals surface area contributed by atoms with Gasteiger partial charge in [-0.25, -0.2) is 0 Å². The van der Waals surface area contributed by atoms with Gasteiger partial charge < -0.3 is 0 Å². The number of fused-ring (bicyclic) bond motifs is 7. The van der Waals surface area contributed by atoms with Gasteiger partial charge in [0, 0.05) is 0 Å². The molecule has 0 bridgehead atoms. The molecule has 0 radical (unpaired) electrons. The van der Waals surface area contributed by atoms with E-state index in [4.69, 9.17) is 0 Å². The fourth-order valence-electron chi connectivity index (χ4n) is 7.96. The maximum absolute atomic E-state index is 2.38. The molecule has 0 N–H and O–H groups in total. The Balaban J connectivity index is 1.17. The maximum Gasteiger partial charge on any atom is -0.00262 e. The highest BCUT2D eigenvalue weighted by molar-refractivity contribution is 6.22. The first-order valence-electron chi connectivity index (χ1n) is 16.7. The van der Waals surface area contributed by atoms with Gasteiger partial charge in [0.05, 0.1) is 0 Å². The Hall–Kier alpha value is -6.24. The van der Waals surface area contributed by atoms with E-state index >= 15 is 0 Å². The molecule has 222 valence electrons. The van der Waals surface area contributed by atoms with Crippen LogP contribution < -0.4 is 0 Å². The summed E-state index contributed by atoms with van der Waals surface area (Å²) in [6.07, 6.45) is 0. The second-order valence-corrected chi connectivity index (χ2v) is 12.9. The molecule has 0 nitrogen and oxygen atoms in total. The van der Waals surface area contributed by atoms with Crippen LogP contribution in [0.4, 0.5) is 0 Å². The first-order valence-corrected chi connectivity index (χ1v) is 16.7. The third-order valence-corrected chi connectivity index (χ3v) is 10.2. The molecule has 0 saturated carbocycles. The summed E-state index contributed by atoms with van der Waals surface area (Å²) < 4.78 is 0. The zero-order valence-corrected chi connectivity index (χ0v) is 26.3. The third kappa shape index (κ3) is 4.16. The van der Waals surface area contributed by atoms with Crippen LogP contribution in [0.2, 0.25) is 0 Å².